The number of hydrogen-bond donors (Lipinski definition) is 1. The molecule has 0 aliphatic heterocycles. The average molecular weight is 401 g/mol. The molecule has 0 aliphatic rings. The van der Waals surface area contributed by atoms with Gasteiger partial charge in [0.25, 0.3) is 5.91 Å². The first-order chi connectivity index (χ1) is 13.0. The highest BCUT2D eigenvalue weighted by Gasteiger charge is 2.07. The second-order valence-corrected chi connectivity index (χ2v) is 8.12. The number of amides is 1. The Morgan fingerprint density at radius 1 is 1.11 bits per heavy atom. The van der Waals surface area contributed by atoms with Crippen LogP contribution in [0.1, 0.15) is 33.4 Å². The van der Waals surface area contributed by atoms with Crippen LogP contribution >= 0.6 is 23.1 Å². The van der Waals surface area contributed by atoms with E-state index in [0.29, 0.717) is 11.3 Å². The van der Waals surface area contributed by atoms with Crippen molar-refractivity contribution in [3.05, 3.63) is 76.0 Å². The Labute approximate surface area is 164 Å². The number of benzene rings is 2. The summed E-state index contributed by atoms with van der Waals surface area (Å²) < 4.78 is 13.9. The van der Waals surface area contributed by atoms with E-state index >= 15 is 0 Å². The van der Waals surface area contributed by atoms with Crippen LogP contribution in [0.3, 0.4) is 0 Å². The lowest BCUT2D eigenvalue weighted by Crippen LogP contribution is -2.19. The normalized spacial score (nSPS) is 11.4. The minimum atomic E-state index is -0.310. The molecule has 2 aromatic carbocycles. The zero-order chi connectivity index (χ0) is 19.2. The maximum Gasteiger partial charge on any atom is 0.271 e. The van der Waals surface area contributed by atoms with Gasteiger partial charge >= 0.3 is 0 Å². The molecule has 0 atom stereocenters. The average Bonchev–Trinajstić information content (AvgIpc) is 3.10. The van der Waals surface area contributed by atoms with Gasteiger partial charge in [0.2, 0.25) is 0 Å². The van der Waals surface area contributed by atoms with Gasteiger partial charge in [0, 0.05) is 11.3 Å². The molecule has 3 rings (SSSR count). The molecular formula is C19H17FN4OS2. The fraction of sp³-hybridized carbons (Fsp3) is 0.158. The lowest BCUT2D eigenvalue weighted by Gasteiger charge is -2.04. The third-order valence-electron chi connectivity index (χ3n) is 3.67. The molecule has 138 valence electrons. The summed E-state index contributed by atoms with van der Waals surface area (Å²) in [6.07, 6.45) is 0. The van der Waals surface area contributed by atoms with Crippen LogP contribution in [-0.4, -0.2) is 21.8 Å². The molecule has 0 saturated carbocycles. The maximum absolute atomic E-state index is 13.0. The van der Waals surface area contributed by atoms with E-state index in [4.69, 9.17) is 0 Å². The highest BCUT2D eigenvalue weighted by Crippen LogP contribution is 2.25. The van der Waals surface area contributed by atoms with E-state index < -0.39 is 0 Å². The lowest BCUT2D eigenvalue weighted by molar-refractivity contribution is 0.0955. The summed E-state index contributed by atoms with van der Waals surface area (Å²) in [6, 6.07) is 13.3. The number of nitrogens with zero attached hydrogens (tertiary/aromatic N) is 3. The maximum atomic E-state index is 13.0. The number of carbonyl (C=O) groups excluding carboxylic acids is 1. The largest absolute Gasteiger partial charge is 0.271 e. The number of hydrogen-bond acceptors (Lipinski definition) is 6. The summed E-state index contributed by atoms with van der Waals surface area (Å²) >= 11 is 3.18. The van der Waals surface area contributed by atoms with E-state index in [-0.39, 0.29) is 11.7 Å². The zero-order valence-electron chi connectivity index (χ0n) is 14.8. The quantitative estimate of drug-likeness (QED) is 0.378. The Bertz CT molecular complexity index is 953. The SMILES string of the molecule is CC(=NNC(=O)c1ccc(CSc2nnc(C)s2)cc1)c1ccc(F)cc1. The van der Waals surface area contributed by atoms with E-state index in [1.54, 1.807) is 54.3 Å². The highest BCUT2D eigenvalue weighted by molar-refractivity contribution is 8.00. The van der Waals surface area contributed by atoms with Crippen molar-refractivity contribution < 1.29 is 9.18 Å². The van der Waals surface area contributed by atoms with Crippen LogP contribution in [0, 0.1) is 12.7 Å². The predicted molar refractivity (Wildman–Crippen MR) is 107 cm³/mol. The summed E-state index contributed by atoms with van der Waals surface area (Å²) in [6.45, 7) is 3.68. The van der Waals surface area contributed by atoms with Gasteiger partial charge in [-0.25, -0.2) is 9.82 Å². The van der Waals surface area contributed by atoms with Gasteiger partial charge in [0.15, 0.2) is 4.34 Å². The molecule has 1 heterocycles. The Morgan fingerprint density at radius 3 is 2.41 bits per heavy atom. The summed E-state index contributed by atoms with van der Waals surface area (Å²) in [5, 5.41) is 13.1. The molecule has 1 N–H and O–H groups in total. The number of rotatable bonds is 6. The van der Waals surface area contributed by atoms with E-state index in [1.165, 1.54) is 12.1 Å². The van der Waals surface area contributed by atoms with Crippen molar-refractivity contribution in [2.45, 2.75) is 23.9 Å². The topological polar surface area (TPSA) is 67.2 Å². The van der Waals surface area contributed by atoms with Gasteiger partial charge in [-0.05, 0) is 49.2 Å². The summed E-state index contributed by atoms with van der Waals surface area (Å²) in [5.74, 6) is 0.156. The summed E-state index contributed by atoms with van der Waals surface area (Å²) in [5.41, 5.74) is 5.48. The Hall–Kier alpha value is -2.58. The molecule has 0 saturated heterocycles. The first kappa shape index (κ1) is 19.2. The molecule has 8 heteroatoms. The van der Waals surface area contributed by atoms with Crippen LogP contribution in [-0.2, 0) is 5.75 Å². The van der Waals surface area contributed by atoms with E-state index in [9.17, 15) is 9.18 Å². The number of aromatic nitrogens is 2. The lowest BCUT2D eigenvalue weighted by atomic mass is 10.1. The third kappa shape index (κ3) is 5.45. The molecule has 27 heavy (non-hydrogen) atoms. The number of hydrazone groups is 1. The molecule has 1 aromatic heterocycles. The van der Waals surface area contributed by atoms with E-state index in [0.717, 1.165) is 26.2 Å². The van der Waals surface area contributed by atoms with Gasteiger partial charge < -0.3 is 0 Å². The summed E-state index contributed by atoms with van der Waals surface area (Å²) in [4.78, 5) is 12.2. The third-order valence-corrected chi connectivity index (χ3v) is 5.72. The van der Waals surface area contributed by atoms with Crippen molar-refractivity contribution in [2.75, 3.05) is 0 Å². The van der Waals surface area contributed by atoms with Gasteiger partial charge in [-0.2, -0.15) is 5.10 Å². The van der Waals surface area contributed by atoms with Crippen molar-refractivity contribution in [2.24, 2.45) is 5.10 Å². The van der Waals surface area contributed by atoms with Crippen LogP contribution < -0.4 is 5.43 Å². The molecule has 3 aromatic rings. The number of thioether (sulfide) groups is 1. The number of aryl methyl sites for hydroxylation is 1. The highest BCUT2D eigenvalue weighted by atomic mass is 32.2. The smallest absolute Gasteiger partial charge is 0.267 e. The molecule has 0 unspecified atom stereocenters. The summed E-state index contributed by atoms with van der Waals surface area (Å²) in [7, 11) is 0. The number of nitrogens with one attached hydrogen (secondary N) is 1. The van der Waals surface area contributed by atoms with Crippen molar-refractivity contribution in [1.82, 2.24) is 15.6 Å². The Morgan fingerprint density at radius 2 is 1.78 bits per heavy atom. The van der Waals surface area contributed by atoms with Gasteiger partial charge in [-0.15, -0.1) is 10.2 Å². The molecule has 0 aliphatic carbocycles. The van der Waals surface area contributed by atoms with Crippen LogP contribution in [0.5, 0.6) is 0 Å². The fourth-order valence-corrected chi connectivity index (χ4v) is 3.96. The predicted octanol–water partition coefficient (Wildman–Crippen LogP) is 4.43. The van der Waals surface area contributed by atoms with Crippen LogP contribution in [0.25, 0.3) is 0 Å². The molecule has 5 nitrogen and oxygen atoms in total. The second kappa shape index (κ2) is 8.88. The minimum absolute atomic E-state index is 0.296. The number of carbonyl (C=O) groups is 1. The molecular weight excluding hydrogens is 383 g/mol. The van der Waals surface area contributed by atoms with E-state index in [1.807, 2.05) is 19.1 Å². The Balaban J connectivity index is 1.56. The second-order valence-electron chi connectivity index (χ2n) is 5.72. The van der Waals surface area contributed by atoms with Crippen molar-refractivity contribution in [3.8, 4) is 0 Å². The van der Waals surface area contributed by atoms with Gasteiger partial charge in [-0.1, -0.05) is 47.4 Å². The fourth-order valence-electron chi connectivity index (χ4n) is 2.19. The molecule has 0 radical (unpaired) electrons. The number of halogens is 1. The molecule has 0 bridgehead atoms. The van der Waals surface area contributed by atoms with Gasteiger partial charge in [-0.3, -0.25) is 4.79 Å². The minimum Gasteiger partial charge on any atom is -0.267 e. The monoisotopic (exact) mass is 400 g/mol. The van der Waals surface area contributed by atoms with Crippen LogP contribution in [0.2, 0.25) is 0 Å². The van der Waals surface area contributed by atoms with Crippen molar-refractivity contribution >= 4 is 34.7 Å². The zero-order valence-corrected chi connectivity index (χ0v) is 16.4. The van der Waals surface area contributed by atoms with E-state index in [2.05, 4.69) is 20.7 Å². The molecule has 1 amide bonds. The van der Waals surface area contributed by atoms with Gasteiger partial charge in [0.05, 0.1) is 5.71 Å². The van der Waals surface area contributed by atoms with Crippen LogP contribution in [0.15, 0.2) is 58.0 Å². The first-order valence-corrected chi connectivity index (χ1v) is 9.94. The molecule has 0 fully saturated rings. The van der Waals surface area contributed by atoms with Crippen molar-refractivity contribution in [1.29, 1.82) is 0 Å². The van der Waals surface area contributed by atoms with Crippen molar-refractivity contribution in [3.63, 3.8) is 0 Å². The first-order valence-electron chi connectivity index (χ1n) is 8.13. The molecule has 0 spiro atoms. The standard InChI is InChI=1S/C19H17FN4OS2/c1-12(15-7-9-17(20)10-8-15)21-23-18(25)16-5-3-14(4-6-16)11-26-19-24-22-13(2)27-19/h3-10H,11H2,1-2H3,(H,23,25). The van der Waals surface area contributed by atoms with Gasteiger partial charge in [0.1, 0.15) is 10.8 Å². The van der Waals surface area contributed by atoms with Crippen LogP contribution in [0.4, 0.5) is 4.39 Å². The Kier molecular flexibility index (Phi) is 6.31.